The van der Waals surface area contributed by atoms with Gasteiger partial charge in [-0.3, -0.25) is 0 Å². The predicted molar refractivity (Wildman–Crippen MR) is 207 cm³/mol. The number of para-hydroxylation sites is 1. The minimum atomic E-state index is -0.971. The molecule has 0 fully saturated rings. The number of hydrogen-bond donors (Lipinski definition) is 1. The highest BCUT2D eigenvalue weighted by Crippen LogP contribution is 2.43. The average molecular weight is 640 g/mol. The Morgan fingerprint density at radius 1 is 0.592 bits per heavy atom. The molecule has 5 heteroatoms. The molecule has 1 aromatic heterocycles. The van der Waals surface area contributed by atoms with Gasteiger partial charge in [0.25, 0.3) is 0 Å². The number of hydrogen-bond acceptors (Lipinski definition) is 4. The summed E-state index contributed by atoms with van der Waals surface area (Å²) in [5, 5.41) is 17.7. The van der Waals surface area contributed by atoms with E-state index in [0.29, 0.717) is 7.48 Å². The van der Waals surface area contributed by atoms with Gasteiger partial charge in [0.2, 0.25) is 0 Å². The fourth-order valence-electron chi connectivity index (χ4n) is 6.63. The van der Waals surface area contributed by atoms with Crippen LogP contribution in [0.1, 0.15) is 27.7 Å². The summed E-state index contributed by atoms with van der Waals surface area (Å²) in [4.78, 5) is 2.30. The van der Waals surface area contributed by atoms with Crippen LogP contribution in [0.25, 0.3) is 54.6 Å². The molecule has 4 nitrogen and oxygen atoms in total. The van der Waals surface area contributed by atoms with E-state index in [4.69, 9.17) is 9.07 Å². The number of aliphatic hydroxyl groups is 1. The van der Waals surface area contributed by atoms with E-state index in [1.807, 2.05) is 32.0 Å². The second-order valence-corrected chi connectivity index (χ2v) is 13.8. The molecule has 8 aromatic rings. The van der Waals surface area contributed by atoms with Gasteiger partial charge in [-0.25, -0.2) is 0 Å². The van der Waals surface area contributed by atoms with Gasteiger partial charge in [0, 0.05) is 16.8 Å². The lowest BCUT2D eigenvalue weighted by Gasteiger charge is -2.37. The maximum Gasteiger partial charge on any atom is 0.309 e. The van der Waals surface area contributed by atoms with Gasteiger partial charge in [0.15, 0.2) is 0 Å². The fourth-order valence-corrected chi connectivity index (χ4v) is 6.63. The van der Waals surface area contributed by atoms with Crippen LogP contribution >= 0.6 is 0 Å². The van der Waals surface area contributed by atoms with E-state index in [2.05, 4.69) is 132 Å². The van der Waals surface area contributed by atoms with E-state index in [9.17, 15) is 5.11 Å². The summed E-state index contributed by atoms with van der Waals surface area (Å²) in [6.45, 7) is 7.40. The van der Waals surface area contributed by atoms with Gasteiger partial charge >= 0.3 is 7.48 Å². The number of anilines is 3. The second kappa shape index (κ2) is 12.0. The average Bonchev–Trinajstić information content (AvgIpc) is 3.50. The maximum atomic E-state index is 10.6. The van der Waals surface area contributed by atoms with Crippen molar-refractivity contribution in [2.45, 2.75) is 38.9 Å². The van der Waals surface area contributed by atoms with Gasteiger partial charge in [-0.05, 0) is 109 Å². The van der Waals surface area contributed by atoms with Crippen LogP contribution in [0.3, 0.4) is 0 Å². The molecule has 240 valence electrons. The Bertz CT molecular complexity index is 2460. The second-order valence-electron chi connectivity index (χ2n) is 13.8. The molecular weight excluding hydrogens is 601 g/mol. The van der Waals surface area contributed by atoms with E-state index < -0.39 is 11.2 Å². The van der Waals surface area contributed by atoms with Crippen molar-refractivity contribution in [1.29, 1.82) is 0 Å². The van der Waals surface area contributed by atoms with Crippen molar-refractivity contribution >= 4 is 73.5 Å². The molecule has 49 heavy (non-hydrogen) atoms. The summed E-state index contributed by atoms with van der Waals surface area (Å²) in [5.41, 5.74) is 6.56. The minimum Gasteiger partial charge on any atom is -0.456 e. The third-order valence-electron chi connectivity index (χ3n) is 10.1. The molecule has 1 heterocycles. The zero-order chi connectivity index (χ0) is 33.8. The molecule has 0 aliphatic carbocycles. The zero-order valence-electron chi connectivity index (χ0n) is 28.3. The van der Waals surface area contributed by atoms with Crippen LogP contribution in [0, 0.1) is 0 Å². The Hall–Kier alpha value is -5.36. The summed E-state index contributed by atoms with van der Waals surface area (Å²) in [7, 11) is 0.396. The molecule has 0 aliphatic rings. The van der Waals surface area contributed by atoms with Crippen LogP contribution in [0.15, 0.2) is 150 Å². The molecule has 8 rings (SSSR count). The highest BCUT2D eigenvalue weighted by Gasteiger charge is 2.35. The van der Waals surface area contributed by atoms with Crippen LogP contribution in [-0.4, -0.2) is 23.8 Å². The fraction of sp³-hybridized carbons (Fsp3) is 0.136. The van der Waals surface area contributed by atoms with Crippen molar-refractivity contribution < 1.29 is 14.2 Å². The maximum absolute atomic E-state index is 10.6. The quantitative estimate of drug-likeness (QED) is 0.133. The van der Waals surface area contributed by atoms with E-state index in [1.165, 1.54) is 32.7 Å². The van der Waals surface area contributed by atoms with Crippen molar-refractivity contribution in [1.82, 2.24) is 0 Å². The molecule has 0 atom stereocenters. The third kappa shape index (κ3) is 5.55. The Balaban J connectivity index is 1.24. The van der Waals surface area contributed by atoms with Crippen LogP contribution in [-0.2, 0) is 4.65 Å². The first-order valence-electron chi connectivity index (χ1n) is 16.8. The van der Waals surface area contributed by atoms with Gasteiger partial charge in [-0.2, -0.15) is 0 Å². The SMILES string of the molecule is CC(C)(O)C(C)(C)OBc1ccc(N(c2ccc(-c3cc4ccccc4c4ccccc34)cc2)c2cccc3oc4ccccc4c23)cc1. The lowest BCUT2D eigenvalue weighted by molar-refractivity contribution is -0.0893. The first-order chi connectivity index (χ1) is 23.7. The van der Waals surface area contributed by atoms with Crippen molar-refractivity contribution in [3.8, 4) is 11.1 Å². The van der Waals surface area contributed by atoms with Crippen LogP contribution in [0.4, 0.5) is 17.1 Å². The Morgan fingerprint density at radius 2 is 1.18 bits per heavy atom. The van der Waals surface area contributed by atoms with Crippen molar-refractivity contribution in [2.75, 3.05) is 4.90 Å². The lowest BCUT2D eigenvalue weighted by Crippen LogP contribution is -2.49. The predicted octanol–water partition coefficient (Wildman–Crippen LogP) is 10.6. The van der Waals surface area contributed by atoms with Crippen molar-refractivity contribution in [3.63, 3.8) is 0 Å². The normalized spacial score (nSPS) is 12.3. The summed E-state index contributed by atoms with van der Waals surface area (Å²) in [6.07, 6.45) is 0. The molecule has 0 bridgehead atoms. The van der Waals surface area contributed by atoms with E-state index >= 15 is 0 Å². The molecule has 0 saturated carbocycles. The van der Waals surface area contributed by atoms with Crippen molar-refractivity contribution in [2.24, 2.45) is 0 Å². The van der Waals surface area contributed by atoms with Gasteiger partial charge in [-0.1, -0.05) is 103 Å². The lowest BCUT2D eigenvalue weighted by atomic mass is 9.82. The topological polar surface area (TPSA) is 45.8 Å². The van der Waals surface area contributed by atoms with Gasteiger partial charge < -0.3 is 19.1 Å². The molecule has 0 unspecified atom stereocenters. The molecule has 0 radical (unpaired) electrons. The monoisotopic (exact) mass is 639 g/mol. The molecule has 0 amide bonds. The number of benzene rings is 7. The highest BCUT2D eigenvalue weighted by atomic mass is 16.5. The van der Waals surface area contributed by atoms with Crippen molar-refractivity contribution in [3.05, 3.63) is 146 Å². The van der Waals surface area contributed by atoms with Crippen LogP contribution in [0.2, 0.25) is 0 Å². The molecule has 0 spiro atoms. The number of furan rings is 1. The largest absolute Gasteiger partial charge is 0.456 e. The first-order valence-corrected chi connectivity index (χ1v) is 16.8. The molecular formula is C44H38BNO3. The Labute approximate surface area is 287 Å². The van der Waals surface area contributed by atoms with Gasteiger partial charge in [-0.15, -0.1) is 0 Å². The van der Waals surface area contributed by atoms with E-state index in [0.717, 1.165) is 44.5 Å². The standard InChI is InChI=1S/C44H38BNO3/c1-43(2,47)44(3,4)49-45-31-22-26-33(27-23-31)46(39-17-11-19-41-42(39)37-16-9-10-18-40(37)48-41)32-24-20-29(21-25-32)38-28-30-12-5-6-13-34(30)35-14-7-8-15-36(35)38/h5-28,45,47H,1-4H3. The Kier molecular flexibility index (Phi) is 7.55. The smallest absolute Gasteiger partial charge is 0.309 e. The van der Waals surface area contributed by atoms with Gasteiger partial charge in [0.1, 0.15) is 11.2 Å². The summed E-state index contributed by atoms with van der Waals surface area (Å²) >= 11 is 0. The molecule has 0 aliphatic heterocycles. The minimum absolute atomic E-state index is 0.396. The first kappa shape index (κ1) is 30.9. The molecule has 7 aromatic carbocycles. The number of fused-ring (bicyclic) bond motifs is 6. The molecule has 1 N–H and O–H groups in total. The summed E-state index contributed by atoms with van der Waals surface area (Å²) in [5.74, 6) is 0. The van der Waals surface area contributed by atoms with E-state index in [-0.39, 0.29) is 0 Å². The summed E-state index contributed by atoms with van der Waals surface area (Å²) < 4.78 is 12.5. The van der Waals surface area contributed by atoms with Crippen LogP contribution < -0.4 is 10.4 Å². The Morgan fingerprint density at radius 3 is 1.90 bits per heavy atom. The number of nitrogens with zero attached hydrogens (tertiary/aromatic N) is 1. The highest BCUT2D eigenvalue weighted by molar-refractivity contribution is 6.47. The zero-order valence-corrected chi connectivity index (χ0v) is 28.3. The third-order valence-corrected chi connectivity index (χ3v) is 10.1. The molecule has 0 saturated heterocycles. The number of rotatable bonds is 8. The van der Waals surface area contributed by atoms with E-state index in [1.54, 1.807) is 13.8 Å². The summed E-state index contributed by atoms with van der Waals surface area (Å²) in [6, 6.07) is 51.4. The van der Waals surface area contributed by atoms with Crippen LogP contribution in [0.5, 0.6) is 0 Å². The van der Waals surface area contributed by atoms with Gasteiger partial charge in [0.05, 0.1) is 22.3 Å².